The molecule has 1 heterocycles. The van der Waals surface area contributed by atoms with Gasteiger partial charge >= 0.3 is 0 Å². The molecule has 0 aliphatic heterocycles. The number of aliphatic hydroxyl groups is 1. The fourth-order valence-corrected chi connectivity index (χ4v) is 4.63. The van der Waals surface area contributed by atoms with E-state index < -0.39 is 6.10 Å². The lowest BCUT2D eigenvalue weighted by Gasteiger charge is -2.15. The molecule has 0 radical (unpaired) electrons. The number of pyridine rings is 1. The molecule has 3 aliphatic carbocycles. The smallest absolute Gasteiger partial charge is 0.141 e. The number of hydrogen-bond acceptors (Lipinski definition) is 2. The molecule has 90 valence electrons. The van der Waals surface area contributed by atoms with Crippen molar-refractivity contribution < 1.29 is 9.50 Å². The normalized spacial score (nSPS) is 43.5. The zero-order valence-electron chi connectivity index (χ0n) is 9.59. The Morgan fingerprint density at radius 3 is 2.59 bits per heavy atom. The largest absolute Gasteiger partial charge is 0.388 e. The third-order valence-electron chi connectivity index (χ3n) is 5.23. The van der Waals surface area contributed by atoms with E-state index in [0.29, 0.717) is 23.3 Å². The molecule has 4 rings (SSSR count). The van der Waals surface area contributed by atoms with Crippen molar-refractivity contribution in [3.63, 3.8) is 0 Å². The molecule has 2 bridgehead atoms. The minimum atomic E-state index is -0.503. The lowest BCUT2D eigenvalue weighted by atomic mass is 9.96. The van der Waals surface area contributed by atoms with Gasteiger partial charge in [0.05, 0.1) is 12.3 Å². The van der Waals surface area contributed by atoms with E-state index in [-0.39, 0.29) is 5.82 Å². The van der Waals surface area contributed by atoms with E-state index in [2.05, 4.69) is 4.98 Å². The third-order valence-corrected chi connectivity index (χ3v) is 5.23. The number of halogens is 1. The average Bonchev–Trinajstić information content (AvgIpc) is 2.76. The molecule has 17 heavy (non-hydrogen) atoms. The highest BCUT2D eigenvalue weighted by Crippen LogP contribution is 2.72. The summed E-state index contributed by atoms with van der Waals surface area (Å²) in [6.07, 6.45) is 6.35. The number of aromatic nitrogens is 1. The maximum Gasteiger partial charge on any atom is 0.141 e. The van der Waals surface area contributed by atoms with Crippen LogP contribution in [0.1, 0.15) is 30.9 Å². The standard InChI is InChI=1S/C14H16FNO/c15-10-4-9(5-16-6-10)14(17)13-11-7-1-2-8(3-7)12(11)13/h4-8,11-14,17H,1-3H2. The topological polar surface area (TPSA) is 33.1 Å². The van der Waals surface area contributed by atoms with Crippen LogP contribution in [0.2, 0.25) is 0 Å². The Bertz CT molecular complexity index is 447. The highest BCUT2D eigenvalue weighted by molar-refractivity contribution is 5.22. The van der Waals surface area contributed by atoms with Crippen molar-refractivity contribution in [2.75, 3.05) is 0 Å². The molecular weight excluding hydrogens is 217 g/mol. The van der Waals surface area contributed by atoms with E-state index in [1.165, 1.54) is 31.5 Å². The first-order valence-electron chi connectivity index (χ1n) is 6.54. The molecule has 1 aromatic heterocycles. The average molecular weight is 233 g/mol. The van der Waals surface area contributed by atoms with E-state index >= 15 is 0 Å². The van der Waals surface area contributed by atoms with Gasteiger partial charge in [0.1, 0.15) is 5.82 Å². The van der Waals surface area contributed by atoms with E-state index in [4.69, 9.17) is 0 Å². The Morgan fingerprint density at radius 2 is 1.94 bits per heavy atom. The molecule has 5 atom stereocenters. The van der Waals surface area contributed by atoms with Crippen LogP contribution in [0.5, 0.6) is 0 Å². The summed E-state index contributed by atoms with van der Waals surface area (Å²) in [5, 5.41) is 10.3. The van der Waals surface area contributed by atoms with Crippen molar-refractivity contribution in [3.8, 4) is 0 Å². The van der Waals surface area contributed by atoms with E-state index in [1.54, 1.807) is 6.20 Å². The van der Waals surface area contributed by atoms with Crippen molar-refractivity contribution in [1.29, 1.82) is 0 Å². The molecular formula is C14H16FNO. The predicted molar refractivity (Wildman–Crippen MR) is 60.5 cm³/mol. The predicted octanol–water partition coefficient (Wildman–Crippen LogP) is 2.55. The molecule has 2 nitrogen and oxygen atoms in total. The third kappa shape index (κ3) is 1.32. The van der Waals surface area contributed by atoms with Gasteiger partial charge in [0.25, 0.3) is 0 Å². The minimum absolute atomic E-state index is 0.352. The fourth-order valence-electron chi connectivity index (χ4n) is 4.63. The van der Waals surface area contributed by atoms with Gasteiger partial charge in [0, 0.05) is 11.8 Å². The van der Waals surface area contributed by atoms with Gasteiger partial charge in [-0.05, 0) is 54.9 Å². The van der Waals surface area contributed by atoms with Crippen molar-refractivity contribution in [2.45, 2.75) is 25.4 Å². The van der Waals surface area contributed by atoms with Gasteiger partial charge in [-0.2, -0.15) is 0 Å². The summed E-state index contributed by atoms with van der Waals surface area (Å²) in [5.41, 5.74) is 0.656. The molecule has 3 aliphatic rings. The van der Waals surface area contributed by atoms with E-state index in [0.717, 1.165) is 11.8 Å². The molecule has 1 N–H and O–H groups in total. The van der Waals surface area contributed by atoms with Crippen LogP contribution >= 0.6 is 0 Å². The Balaban J connectivity index is 1.58. The van der Waals surface area contributed by atoms with Crippen molar-refractivity contribution in [1.82, 2.24) is 4.98 Å². The van der Waals surface area contributed by atoms with Crippen LogP contribution in [0.25, 0.3) is 0 Å². The highest BCUT2D eigenvalue weighted by atomic mass is 19.1. The van der Waals surface area contributed by atoms with Gasteiger partial charge in [-0.15, -0.1) is 0 Å². The maximum atomic E-state index is 13.1. The first kappa shape index (κ1) is 10.0. The van der Waals surface area contributed by atoms with Gasteiger partial charge in [0.2, 0.25) is 0 Å². The van der Waals surface area contributed by atoms with Gasteiger partial charge in [-0.1, -0.05) is 0 Å². The van der Waals surface area contributed by atoms with Crippen LogP contribution in [0.3, 0.4) is 0 Å². The number of fused-ring (bicyclic) bond motifs is 5. The van der Waals surface area contributed by atoms with Gasteiger partial charge in [-0.25, -0.2) is 4.39 Å². The summed E-state index contributed by atoms with van der Waals surface area (Å²) in [7, 11) is 0. The summed E-state index contributed by atoms with van der Waals surface area (Å²) in [5.74, 6) is 3.14. The van der Waals surface area contributed by atoms with Crippen LogP contribution < -0.4 is 0 Å². The molecule has 0 aromatic carbocycles. The summed E-state index contributed by atoms with van der Waals surface area (Å²) in [6, 6.07) is 1.42. The molecule has 0 amide bonds. The SMILES string of the molecule is OC(c1cncc(F)c1)C1C2C3CCC(C3)C21. The molecule has 3 fully saturated rings. The second-order valence-corrected chi connectivity index (χ2v) is 5.95. The second-order valence-electron chi connectivity index (χ2n) is 5.95. The zero-order chi connectivity index (χ0) is 11.6. The van der Waals surface area contributed by atoms with Gasteiger partial charge < -0.3 is 5.11 Å². The maximum absolute atomic E-state index is 13.1. The summed E-state index contributed by atoms with van der Waals surface area (Å²) >= 11 is 0. The summed E-state index contributed by atoms with van der Waals surface area (Å²) < 4.78 is 13.1. The first-order chi connectivity index (χ1) is 8.25. The second kappa shape index (κ2) is 3.29. The number of hydrogen-bond donors (Lipinski definition) is 1. The quantitative estimate of drug-likeness (QED) is 0.851. The molecule has 5 unspecified atom stereocenters. The molecule has 0 saturated heterocycles. The zero-order valence-corrected chi connectivity index (χ0v) is 9.59. The number of nitrogens with zero attached hydrogens (tertiary/aromatic N) is 1. The number of rotatable bonds is 2. The Hall–Kier alpha value is -0.960. The van der Waals surface area contributed by atoms with Crippen molar-refractivity contribution in [3.05, 3.63) is 29.8 Å². The van der Waals surface area contributed by atoms with E-state index in [1.807, 2.05) is 0 Å². The molecule has 1 aromatic rings. The van der Waals surface area contributed by atoms with Crippen LogP contribution in [0.4, 0.5) is 4.39 Å². The fraction of sp³-hybridized carbons (Fsp3) is 0.643. The Labute approximate surface area is 99.9 Å². The monoisotopic (exact) mass is 233 g/mol. The Morgan fingerprint density at radius 1 is 1.24 bits per heavy atom. The first-order valence-corrected chi connectivity index (χ1v) is 6.54. The van der Waals surface area contributed by atoms with Gasteiger partial charge in [-0.3, -0.25) is 4.98 Å². The van der Waals surface area contributed by atoms with Crippen LogP contribution in [-0.2, 0) is 0 Å². The van der Waals surface area contributed by atoms with Crippen LogP contribution in [-0.4, -0.2) is 10.1 Å². The number of aliphatic hydroxyl groups excluding tert-OH is 1. The van der Waals surface area contributed by atoms with Gasteiger partial charge in [0.15, 0.2) is 0 Å². The van der Waals surface area contributed by atoms with Crippen molar-refractivity contribution >= 4 is 0 Å². The summed E-state index contributed by atoms with van der Waals surface area (Å²) in [4.78, 5) is 3.83. The molecule has 3 saturated carbocycles. The van der Waals surface area contributed by atoms with Crippen LogP contribution in [0, 0.1) is 35.4 Å². The lowest BCUT2D eigenvalue weighted by molar-refractivity contribution is 0.129. The highest BCUT2D eigenvalue weighted by Gasteiger charge is 2.66. The van der Waals surface area contributed by atoms with E-state index in [9.17, 15) is 9.50 Å². The minimum Gasteiger partial charge on any atom is -0.388 e. The van der Waals surface area contributed by atoms with Crippen molar-refractivity contribution in [2.24, 2.45) is 29.6 Å². The molecule has 0 spiro atoms. The summed E-state index contributed by atoms with van der Waals surface area (Å²) in [6.45, 7) is 0. The van der Waals surface area contributed by atoms with Crippen LogP contribution in [0.15, 0.2) is 18.5 Å². The Kier molecular flexibility index (Phi) is 1.93. The molecule has 3 heteroatoms. The lowest BCUT2D eigenvalue weighted by Crippen LogP contribution is -2.09.